The molecule has 0 aromatic heterocycles. The van der Waals surface area contributed by atoms with E-state index in [4.69, 9.17) is 0 Å². The first-order valence-corrected chi connectivity index (χ1v) is 3.32. The maximum absolute atomic E-state index is 9.98. The van der Waals surface area contributed by atoms with Crippen molar-refractivity contribution < 1.29 is 29.9 Å². The van der Waals surface area contributed by atoms with Crippen LogP contribution in [-0.2, 0) is 8.00 Å². The molecule has 0 spiro atoms. The average molecular weight is 218 g/mol. The Kier molecular flexibility index (Phi) is 1.78. The van der Waals surface area contributed by atoms with Gasteiger partial charge in [0.2, 0.25) is 0 Å². The summed E-state index contributed by atoms with van der Waals surface area (Å²) < 4.78 is 5.46. The number of rotatable bonds is 1. The van der Waals surface area contributed by atoms with Gasteiger partial charge in [-0.2, -0.15) is 0 Å². The van der Waals surface area contributed by atoms with E-state index in [1.165, 1.54) is 7.11 Å². The van der Waals surface area contributed by atoms with Crippen molar-refractivity contribution in [2.24, 2.45) is 0 Å². The molecule has 0 radical (unpaired) electrons. The van der Waals surface area contributed by atoms with E-state index in [9.17, 15) is 5.21 Å². The Morgan fingerprint density at radius 3 is 2.57 bits per heavy atom. The van der Waals surface area contributed by atoms with Crippen molar-refractivity contribution in [3.8, 4) is 0 Å². The second-order valence-electron chi connectivity index (χ2n) is 0.785. The molecule has 1 rings (SSSR count). The Morgan fingerprint density at radius 2 is 2.57 bits per heavy atom. The minimum absolute atomic E-state index is 0.313. The molecular formula is CH3IN2O3-2. The fourth-order valence-electron chi connectivity index (χ4n) is 0.176. The quantitative estimate of drug-likeness (QED) is 0.336. The van der Waals surface area contributed by atoms with Gasteiger partial charge in [0.15, 0.2) is 0 Å². The Hall–Kier alpha value is 0.530. The predicted octanol–water partition coefficient (Wildman–Crippen LogP) is -3.57. The topological polar surface area (TPSA) is 48.0 Å². The van der Waals surface area contributed by atoms with E-state index in [0.717, 1.165) is 3.39 Å². The molecule has 0 amide bonds. The Labute approximate surface area is 51.4 Å². The maximum atomic E-state index is 9.98. The molecule has 0 atom stereocenters. The molecule has 0 aliphatic carbocycles. The Morgan fingerprint density at radius 1 is 1.86 bits per heavy atom. The molecule has 1 fully saturated rings. The summed E-state index contributed by atoms with van der Waals surface area (Å²) in [5.41, 5.74) is 0. The Balaban J connectivity index is 2.16. The van der Waals surface area contributed by atoms with Crippen LogP contribution in [0.15, 0.2) is 0 Å². The van der Waals surface area contributed by atoms with Crippen molar-refractivity contribution in [3.05, 3.63) is 5.21 Å². The van der Waals surface area contributed by atoms with Gasteiger partial charge in [-0.25, -0.2) is 0 Å². The van der Waals surface area contributed by atoms with Crippen LogP contribution in [0.4, 0.5) is 0 Å². The molecule has 5 nitrogen and oxygen atoms in total. The van der Waals surface area contributed by atoms with Gasteiger partial charge in [-0.15, -0.1) is 0 Å². The van der Waals surface area contributed by atoms with Gasteiger partial charge < -0.3 is 0 Å². The molecule has 0 unspecified atom stereocenters. The second kappa shape index (κ2) is 2.20. The molecule has 1 aliphatic rings. The number of hydrogen-bond donors (Lipinski definition) is 0. The summed E-state index contributed by atoms with van der Waals surface area (Å²) in [6.07, 6.45) is 0. The summed E-state index contributed by atoms with van der Waals surface area (Å²) in [7, 11) is 1.42. The third kappa shape index (κ3) is 1.01. The van der Waals surface area contributed by atoms with Crippen LogP contribution in [0.25, 0.3) is 0 Å². The zero-order valence-corrected chi connectivity index (χ0v) is 5.65. The van der Waals surface area contributed by atoms with Gasteiger partial charge in [-0.3, -0.25) is 0 Å². The van der Waals surface area contributed by atoms with Gasteiger partial charge in [0.25, 0.3) is 0 Å². The van der Waals surface area contributed by atoms with Gasteiger partial charge in [0.1, 0.15) is 0 Å². The van der Waals surface area contributed by atoms with Crippen LogP contribution in [0.1, 0.15) is 0 Å². The SMILES string of the molecule is CON1[I-]ON1[O-]. The Bertz CT molecular complexity index is 68.0. The van der Waals surface area contributed by atoms with Crippen molar-refractivity contribution in [1.82, 2.24) is 8.72 Å². The van der Waals surface area contributed by atoms with Crippen molar-refractivity contribution in [2.75, 3.05) is 7.11 Å². The van der Waals surface area contributed by atoms with Crippen molar-refractivity contribution in [3.63, 3.8) is 0 Å². The molecule has 0 aromatic rings. The second-order valence-corrected chi connectivity index (χ2v) is 2.40. The molecule has 0 saturated carbocycles. The van der Waals surface area contributed by atoms with E-state index >= 15 is 0 Å². The normalized spacial score (nSPS) is 26.0. The van der Waals surface area contributed by atoms with E-state index in [1.54, 1.807) is 0 Å². The zero-order chi connectivity index (χ0) is 5.28. The van der Waals surface area contributed by atoms with E-state index in [-0.39, 0.29) is 0 Å². The van der Waals surface area contributed by atoms with Crippen molar-refractivity contribution in [1.29, 1.82) is 0 Å². The zero-order valence-electron chi connectivity index (χ0n) is 3.50. The predicted molar refractivity (Wildman–Crippen MR) is 15.1 cm³/mol. The van der Waals surface area contributed by atoms with Gasteiger partial charge in [-0.1, -0.05) is 0 Å². The van der Waals surface area contributed by atoms with Gasteiger partial charge in [0.05, 0.1) is 0 Å². The van der Waals surface area contributed by atoms with Crippen LogP contribution in [0.3, 0.4) is 0 Å². The number of halogens is 1. The molecule has 0 aromatic carbocycles. The first-order valence-electron chi connectivity index (χ1n) is 1.48. The molecule has 0 N–H and O–H groups in total. The van der Waals surface area contributed by atoms with Crippen LogP contribution >= 0.6 is 0 Å². The van der Waals surface area contributed by atoms with Gasteiger partial charge >= 0.3 is 50.9 Å². The summed E-state index contributed by atoms with van der Waals surface area (Å²) in [5.74, 6) is 0. The van der Waals surface area contributed by atoms with Gasteiger partial charge in [-0.05, 0) is 0 Å². The summed E-state index contributed by atoms with van der Waals surface area (Å²) >= 11 is -0.591. The summed E-state index contributed by atoms with van der Waals surface area (Å²) in [5, 5.41) is 10.3. The monoisotopic (exact) mass is 218 g/mol. The standard InChI is InChI=1S/CH3IN2O3/c1-6-3-2-7-4(3)5/h1H3/q-2. The molecule has 1 heterocycles. The third-order valence-corrected chi connectivity index (χ3v) is 2.02. The number of nitrogens with zero attached hydrogens (tertiary/aromatic N) is 2. The minimum atomic E-state index is -0.591. The van der Waals surface area contributed by atoms with Gasteiger partial charge in [0, 0.05) is 0 Å². The first-order chi connectivity index (χ1) is 3.34. The molecule has 6 heteroatoms. The first kappa shape index (κ1) is 5.66. The van der Waals surface area contributed by atoms with Crippen LogP contribution in [-0.4, -0.2) is 15.8 Å². The summed E-state index contributed by atoms with van der Waals surface area (Å²) in [4.78, 5) is 4.47. The van der Waals surface area contributed by atoms with E-state index in [2.05, 4.69) is 8.00 Å². The van der Waals surface area contributed by atoms with E-state index in [0.29, 0.717) is 5.34 Å². The van der Waals surface area contributed by atoms with Crippen molar-refractivity contribution >= 4 is 0 Å². The van der Waals surface area contributed by atoms with E-state index in [1.807, 2.05) is 0 Å². The van der Waals surface area contributed by atoms with Crippen LogP contribution < -0.4 is 21.9 Å². The summed E-state index contributed by atoms with van der Waals surface area (Å²) in [6, 6.07) is 0. The fourth-order valence-corrected chi connectivity index (χ4v) is 0.801. The van der Waals surface area contributed by atoms with E-state index < -0.39 is 21.9 Å². The molecular weight excluding hydrogens is 215 g/mol. The number of hydrogen-bond acceptors (Lipinski definition) is 5. The molecule has 0 bridgehead atoms. The molecule has 1 saturated heterocycles. The number of hydrazine groups is 1. The molecule has 1 aliphatic heterocycles. The van der Waals surface area contributed by atoms with Crippen LogP contribution in [0.2, 0.25) is 0 Å². The van der Waals surface area contributed by atoms with Crippen LogP contribution in [0.5, 0.6) is 0 Å². The third-order valence-electron chi connectivity index (χ3n) is 0.428. The molecule has 44 valence electrons. The fraction of sp³-hybridized carbons (Fsp3) is 1.00. The van der Waals surface area contributed by atoms with Crippen LogP contribution in [0, 0.1) is 5.21 Å². The molecule has 7 heavy (non-hydrogen) atoms. The summed E-state index contributed by atoms with van der Waals surface area (Å²) in [6.45, 7) is 0. The van der Waals surface area contributed by atoms with Crippen molar-refractivity contribution in [2.45, 2.75) is 0 Å². The average Bonchev–Trinajstić information content (AvgIpc) is 1.65.